The maximum atomic E-state index is 13.0. The zero-order valence-corrected chi connectivity index (χ0v) is 10.8. The van der Waals surface area contributed by atoms with E-state index in [2.05, 4.69) is 0 Å². The van der Waals surface area contributed by atoms with Gasteiger partial charge in [-0.2, -0.15) is 0 Å². The first-order chi connectivity index (χ1) is 8.32. The summed E-state index contributed by atoms with van der Waals surface area (Å²) in [5.41, 5.74) is 0.319. The van der Waals surface area contributed by atoms with Gasteiger partial charge >= 0.3 is 5.97 Å². The fourth-order valence-corrected chi connectivity index (χ4v) is 3.10. The smallest absolute Gasteiger partial charge is 0.319 e. The molecular formula is C12H14F2O3S. The Hall–Kier alpha value is -1.30. The predicted octanol–water partition coefficient (Wildman–Crippen LogP) is 2.32. The Bertz CT molecular complexity index is 474. The summed E-state index contributed by atoms with van der Waals surface area (Å²) in [6.07, 6.45) is 0. The summed E-state index contributed by atoms with van der Waals surface area (Å²) in [5, 5.41) is 7.95. The van der Waals surface area contributed by atoms with E-state index in [-0.39, 0.29) is 11.7 Å². The lowest BCUT2D eigenvalue weighted by Crippen LogP contribution is -2.31. The van der Waals surface area contributed by atoms with Crippen molar-refractivity contribution in [3.05, 3.63) is 35.4 Å². The highest BCUT2D eigenvalue weighted by Gasteiger charge is 2.28. The van der Waals surface area contributed by atoms with Gasteiger partial charge in [-0.3, -0.25) is 9.00 Å². The molecule has 0 aromatic heterocycles. The predicted molar refractivity (Wildman–Crippen MR) is 64.5 cm³/mol. The molecule has 0 bridgehead atoms. The summed E-state index contributed by atoms with van der Waals surface area (Å²) in [7, 11) is -1.67. The fraction of sp³-hybridized carbons (Fsp3) is 0.417. The SMILES string of the molecule is CC(C)C(C(=O)O)S(=O)Cc1ccc(F)c(F)c1. The largest absolute Gasteiger partial charge is 0.480 e. The van der Waals surface area contributed by atoms with Gasteiger partial charge in [0.15, 0.2) is 11.6 Å². The number of carboxylic acid groups (broad SMARTS) is 1. The molecule has 0 radical (unpaired) electrons. The van der Waals surface area contributed by atoms with Gasteiger partial charge < -0.3 is 5.11 Å². The summed E-state index contributed by atoms with van der Waals surface area (Å²) >= 11 is 0. The number of carboxylic acids is 1. The monoisotopic (exact) mass is 276 g/mol. The van der Waals surface area contributed by atoms with Crippen LogP contribution in [0.15, 0.2) is 18.2 Å². The molecule has 1 aromatic rings. The minimum Gasteiger partial charge on any atom is -0.480 e. The highest BCUT2D eigenvalue weighted by Crippen LogP contribution is 2.16. The minimum atomic E-state index is -1.67. The summed E-state index contributed by atoms with van der Waals surface area (Å²) in [4.78, 5) is 11.0. The number of hydrogen-bond donors (Lipinski definition) is 1. The van der Waals surface area contributed by atoms with Crippen LogP contribution in [0.4, 0.5) is 8.78 Å². The number of hydrogen-bond acceptors (Lipinski definition) is 2. The molecule has 18 heavy (non-hydrogen) atoms. The molecule has 6 heteroatoms. The average Bonchev–Trinajstić information content (AvgIpc) is 2.22. The van der Waals surface area contributed by atoms with Gasteiger partial charge in [0, 0.05) is 16.6 Å². The number of carbonyl (C=O) groups is 1. The highest BCUT2D eigenvalue weighted by atomic mass is 32.2. The Kier molecular flexibility index (Phi) is 4.95. The third-order valence-electron chi connectivity index (χ3n) is 2.43. The summed E-state index contributed by atoms with van der Waals surface area (Å²) in [5.74, 6) is -3.56. The van der Waals surface area contributed by atoms with Crippen molar-refractivity contribution in [2.45, 2.75) is 24.9 Å². The zero-order valence-electron chi connectivity index (χ0n) is 10.0. The number of aliphatic carboxylic acids is 1. The molecule has 0 amide bonds. The maximum absolute atomic E-state index is 13.0. The van der Waals surface area contributed by atoms with Crippen molar-refractivity contribution in [3.63, 3.8) is 0 Å². The molecule has 1 aromatic carbocycles. The van der Waals surface area contributed by atoms with Gasteiger partial charge in [0.2, 0.25) is 0 Å². The van der Waals surface area contributed by atoms with Crippen molar-refractivity contribution in [3.8, 4) is 0 Å². The van der Waals surface area contributed by atoms with E-state index in [1.807, 2.05) is 0 Å². The maximum Gasteiger partial charge on any atom is 0.319 e. The van der Waals surface area contributed by atoms with Gasteiger partial charge in [-0.05, 0) is 23.6 Å². The standard InChI is InChI=1S/C12H14F2O3S/c1-7(2)11(12(15)16)18(17)6-8-3-4-9(13)10(14)5-8/h3-5,7,11H,6H2,1-2H3,(H,15,16). The van der Waals surface area contributed by atoms with Crippen molar-refractivity contribution in [1.29, 1.82) is 0 Å². The van der Waals surface area contributed by atoms with Gasteiger partial charge in [-0.15, -0.1) is 0 Å². The van der Waals surface area contributed by atoms with Crippen LogP contribution < -0.4 is 0 Å². The number of rotatable bonds is 5. The molecule has 0 aliphatic rings. The van der Waals surface area contributed by atoms with Crippen molar-refractivity contribution in [2.75, 3.05) is 0 Å². The Balaban J connectivity index is 2.86. The van der Waals surface area contributed by atoms with Crippen LogP contribution >= 0.6 is 0 Å². The quantitative estimate of drug-likeness (QED) is 0.898. The van der Waals surface area contributed by atoms with E-state index in [1.165, 1.54) is 6.07 Å². The van der Waals surface area contributed by atoms with E-state index < -0.39 is 33.7 Å². The lowest BCUT2D eigenvalue weighted by Gasteiger charge is -2.15. The van der Waals surface area contributed by atoms with Crippen LogP contribution in [0.25, 0.3) is 0 Å². The van der Waals surface area contributed by atoms with Crippen LogP contribution in [0.5, 0.6) is 0 Å². The molecule has 0 spiro atoms. The van der Waals surface area contributed by atoms with E-state index in [0.717, 1.165) is 12.1 Å². The van der Waals surface area contributed by atoms with Gasteiger partial charge in [0.25, 0.3) is 0 Å². The molecule has 0 fully saturated rings. The second-order valence-corrected chi connectivity index (χ2v) is 5.83. The van der Waals surface area contributed by atoms with Crippen LogP contribution in [0.2, 0.25) is 0 Å². The molecule has 1 N–H and O–H groups in total. The van der Waals surface area contributed by atoms with Gasteiger partial charge in [0.1, 0.15) is 5.25 Å². The van der Waals surface area contributed by atoms with Crippen LogP contribution in [0.3, 0.4) is 0 Å². The van der Waals surface area contributed by atoms with Gasteiger partial charge in [0.05, 0.1) is 0 Å². The van der Waals surface area contributed by atoms with E-state index in [9.17, 15) is 17.8 Å². The number of benzene rings is 1. The number of halogens is 2. The summed E-state index contributed by atoms with van der Waals surface area (Å²) in [6.45, 7) is 3.31. The molecule has 2 unspecified atom stereocenters. The van der Waals surface area contributed by atoms with Crippen molar-refractivity contribution < 1.29 is 22.9 Å². The van der Waals surface area contributed by atoms with E-state index >= 15 is 0 Å². The third kappa shape index (κ3) is 3.60. The van der Waals surface area contributed by atoms with Gasteiger partial charge in [-0.25, -0.2) is 8.78 Å². The zero-order chi connectivity index (χ0) is 13.9. The lowest BCUT2D eigenvalue weighted by atomic mass is 10.1. The molecular weight excluding hydrogens is 262 g/mol. The molecule has 0 saturated carbocycles. The van der Waals surface area contributed by atoms with E-state index in [1.54, 1.807) is 13.8 Å². The second-order valence-electron chi connectivity index (χ2n) is 4.28. The Morgan fingerprint density at radius 2 is 1.94 bits per heavy atom. The van der Waals surface area contributed by atoms with Crippen LogP contribution in [0.1, 0.15) is 19.4 Å². The van der Waals surface area contributed by atoms with E-state index in [0.29, 0.717) is 5.56 Å². The van der Waals surface area contributed by atoms with Crippen LogP contribution in [0, 0.1) is 17.6 Å². The first kappa shape index (κ1) is 14.8. The van der Waals surface area contributed by atoms with E-state index in [4.69, 9.17) is 5.11 Å². The molecule has 0 aliphatic carbocycles. The highest BCUT2D eigenvalue weighted by molar-refractivity contribution is 7.85. The van der Waals surface area contributed by atoms with Crippen molar-refractivity contribution in [2.24, 2.45) is 5.92 Å². The first-order valence-electron chi connectivity index (χ1n) is 5.37. The van der Waals surface area contributed by atoms with Crippen molar-refractivity contribution in [1.82, 2.24) is 0 Å². The Morgan fingerprint density at radius 1 is 1.33 bits per heavy atom. The van der Waals surface area contributed by atoms with Crippen LogP contribution in [-0.2, 0) is 21.3 Å². The lowest BCUT2D eigenvalue weighted by molar-refractivity contribution is -0.137. The Labute approximate surface area is 106 Å². The normalized spacial score (nSPS) is 14.5. The summed E-state index contributed by atoms with van der Waals surface area (Å²) in [6, 6.07) is 3.18. The molecule has 0 aliphatic heterocycles. The third-order valence-corrected chi connectivity index (χ3v) is 4.36. The molecule has 100 valence electrons. The first-order valence-corrected chi connectivity index (χ1v) is 6.75. The Morgan fingerprint density at radius 3 is 2.39 bits per heavy atom. The second kappa shape index (κ2) is 6.04. The topological polar surface area (TPSA) is 54.4 Å². The van der Waals surface area contributed by atoms with Gasteiger partial charge in [-0.1, -0.05) is 19.9 Å². The summed E-state index contributed by atoms with van der Waals surface area (Å²) < 4.78 is 37.6. The molecule has 2 atom stereocenters. The average molecular weight is 276 g/mol. The molecule has 3 nitrogen and oxygen atoms in total. The fourth-order valence-electron chi connectivity index (χ4n) is 1.58. The van der Waals surface area contributed by atoms with Crippen LogP contribution in [-0.4, -0.2) is 20.5 Å². The molecule has 1 rings (SSSR count). The minimum absolute atomic E-state index is 0.105. The molecule has 0 heterocycles. The molecule has 0 saturated heterocycles. The van der Waals surface area contributed by atoms with Crippen molar-refractivity contribution >= 4 is 16.8 Å².